The Hall–Kier alpha value is -2.10. The summed E-state index contributed by atoms with van der Waals surface area (Å²) in [5.41, 5.74) is -1.43. The van der Waals surface area contributed by atoms with Gasteiger partial charge in [-0.2, -0.15) is 23.5 Å². The van der Waals surface area contributed by atoms with E-state index in [2.05, 4.69) is 13.2 Å². The van der Waals surface area contributed by atoms with Gasteiger partial charge in [-0.15, -0.1) is 0 Å². The van der Waals surface area contributed by atoms with E-state index >= 15 is 0 Å². The van der Waals surface area contributed by atoms with Crippen molar-refractivity contribution in [2.24, 2.45) is 5.41 Å². The Balaban J connectivity index is 5.20. The van der Waals surface area contributed by atoms with Crippen molar-refractivity contribution in [2.75, 3.05) is 62.7 Å². The second kappa shape index (κ2) is 20.9. The topological polar surface area (TPSA) is 186 Å². The van der Waals surface area contributed by atoms with Crippen LogP contribution >= 0.6 is 23.5 Å². The maximum atomic E-state index is 12.2. The van der Waals surface area contributed by atoms with Crippen LogP contribution in [0.4, 0.5) is 0 Å². The summed E-state index contributed by atoms with van der Waals surface area (Å²) in [7, 11) is 0. The van der Waals surface area contributed by atoms with Crippen molar-refractivity contribution in [1.82, 2.24) is 0 Å². The van der Waals surface area contributed by atoms with Gasteiger partial charge in [-0.25, -0.2) is 9.59 Å². The molecule has 0 radical (unpaired) electrons. The van der Waals surface area contributed by atoms with E-state index in [4.69, 9.17) is 29.2 Å². The van der Waals surface area contributed by atoms with Gasteiger partial charge in [-0.05, 0) is 0 Å². The molecule has 37 heavy (non-hydrogen) atoms. The van der Waals surface area contributed by atoms with Crippen molar-refractivity contribution in [3.63, 3.8) is 0 Å². The van der Waals surface area contributed by atoms with E-state index in [1.807, 2.05) is 0 Å². The summed E-state index contributed by atoms with van der Waals surface area (Å²) in [6, 6.07) is 0. The average Bonchev–Trinajstić information content (AvgIpc) is 2.91. The molecule has 14 heteroatoms. The van der Waals surface area contributed by atoms with Gasteiger partial charge >= 0.3 is 23.9 Å². The van der Waals surface area contributed by atoms with Crippen molar-refractivity contribution in [3.05, 3.63) is 25.3 Å². The van der Waals surface area contributed by atoms with Crippen LogP contribution < -0.4 is 0 Å². The fourth-order valence-electron chi connectivity index (χ4n) is 2.28. The van der Waals surface area contributed by atoms with Crippen LogP contribution in [0.5, 0.6) is 0 Å². The number of ether oxygens (including phenoxy) is 4. The Bertz CT molecular complexity index is 671. The van der Waals surface area contributed by atoms with E-state index in [0.717, 1.165) is 12.2 Å². The third kappa shape index (κ3) is 17.9. The van der Waals surface area contributed by atoms with E-state index in [0.29, 0.717) is 11.5 Å². The van der Waals surface area contributed by atoms with Crippen LogP contribution in [0.3, 0.4) is 0 Å². The van der Waals surface area contributed by atoms with Gasteiger partial charge in [-0.3, -0.25) is 9.59 Å². The second-order valence-corrected chi connectivity index (χ2v) is 10.1. The van der Waals surface area contributed by atoms with Gasteiger partial charge in [0.05, 0.1) is 38.3 Å². The molecule has 0 aromatic carbocycles. The molecule has 0 aliphatic heterocycles. The fourth-order valence-corrected chi connectivity index (χ4v) is 3.99. The van der Waals surface area contributed by atoms with Crippen molar-refractivity contribution in [1.29, 1.82) is 0 Å². The number of hydrogen-bond donors (Lipinski definition) is 4. The highest BCUT2D eigenvalue weighted by Gasteiger charge is 2.37. The molecule has 12 nitrogen and oxygen atoms in total. The first-order chi connectivity index (χ1) is 17.6. The Kier molecular flexibility index (Phi) is 19.7. The number of carbonyl (C=O) groups is 4. The molecule has 0 aliphatic rings. The van der Waals surface area contributed by atoms with Crippen molar-refractivity contribution in [3.8, 4) is 0 Å². The maximum absolute atomic E-state index is 12.2. The standard InChI is InChI=1S/C23H36O12S2/c1-3-19(28)32-13-23(14-33-20(29)4-2,15-34-21(30)5-7-36-11-17(26)9-24)16-35-22(31)6-8-37-12-18(27)10-25/h3-4,17-18,24-27H,1-2,5-16H2. The Morgan fingerprint density at radius 1 is 0.703 bits per heavy atom. The van der Waals surface area contributed by atoms with Gasteiger partial charge in [0.25, 0.3) is 0 Å². The van der Waals surface area contributed by atoms with E-state index in [9.17, 15) is 29.4 Å². The van der Waals surface area contributed by atoms with Crippen LogP contribution in [0.25, 0.3) is 0 Å². The molecule has 0 aliphatic carbocycles. The summed E-state index contributed by atoms with van der Waals surface area (Å²) in [4.78, 5) is 47.8. The molecule has 212 valence electrons. The zero-order valence-corrected chi connectivity index (χ0v) is 22.2. The molecule has 0 aromatic rings. The minimum absolute atomic E-state index is 0.0332. The second-order valence-electron chi connectivity index (χ2n) is 7.77. The molecule has 2 unspecified atom stereocenters. The lowest BCUT2D eigenvalue weighted by atomic mass is 9.92. The molecule has 4 N–H and O–H groups in total. The third-order valence-corrected chi connectivity index (χ3v) is 6.62. The zero-order chi connectivity index (χ0) is 28.1. The molecule has 0 saturated carbocycles. The molecule has 0 fully saturated rings. The zero-order valence-electron chi connectivity index (χ0n) is 20.6. The number of aliphatic hydroxyl groups excluding tert-OH is 4. The first-order valence-electron chi connectivity index (χ1n) is 11.2. The van der Waals surface area contributed by atoms with Crippen LogP contribution in [0.1, 0.15) is 12.8 Å². The summed E-state index contributed by atoms with van der Waals surface area (Å²) >= 11 is 2.47. The summed E-state index contributed by atoms with van der Waals surface area (Å²) in [6.45, 7) is 4.11. The van der Waals surface area contributed by atoms with Crippen LogP contribution in [-0.2, 0) is 38.1 Å². The lowest BCUT2D eigenvalue weighted by Gasteiger charge is -2.31. The van der Waals surface area contributed by atoms with Crippen molar-refractivity contribution >= 4 is 47.4 Å². The Labute approximate surface area is 224 Å². The number of aliphatic hydroxyl groups is 4. The lowest BCUT2D eigenvalue weighted by Crippen LogP contribution is -2.43. The van der Waals surface area contributed by atoms with Gasteiger partial charge in [-0.1, -0.05) is 13.2 Å². The average molecular weight is 569 g/mol. The Morgan fingerprint density at radius 3 is 1.38 bits per heavy atom. The SMILES string of the molecule is C=CC(=O)OCC(COC(=O)C=C)(COC(=O)CCSCC(O)CO)COC(=O)CCSCC(O)CO. The van der Waals surface area contributed by atoms with Crippen molar-refractivity contribution in [2.45, 2.75) is 25.0 Å². The van der Waals surface area contributed by atoms with Crippen molar-refractivity contribution < 1.29 is 58.6 Å². The molecule has 0 amide bonds. The highest BCUT2D eigenvalue weighted by molar-refractivity contribution is 7.99. The number of rotatable bonds is 22. The quantitative estimate of drug-likeness (QED) is 0.0565. The van der Waals surface area contributed by atoms with E-state index in [1.54, 1.807) is 0 Å². The summed E-state index contributed by atoms with van der Waals surface area (Å²) < 4.78 is 20.8. The minimum Gasteiger partial charge on any atom is -0.465 e. The van der Waals surface area contributed by atoms with E-state index in [-0.39, 0.29) is 24.3 Å². The number of thioether (sulfide) groups is 2. The lowest BCUT2D eigenvalue weighted by molar-refractivity contribution is -0.167. The van der Waals surface area contributed by atoms with Crippen LogP contribution in [0.15, 0.2) is 25.3 Å². The third-order valence-electron chi connectivity index (χ3n) is 4.40. The van der Waals surface area contributed by atoms with Gasteiger partial charge in [0, 0.05) is 35.2 Å². The van der Waals surface area contributed by atoms with Gasteiger partial charge in [0.1, 0.15) is 31.8 Å². The maximum Gasteiger partial charge on any atom is 0.330 e. The summed E-state index contributed by atoms with van der Waals surface area (Å²) in [5, 5.41) is 36.3. The molecule has 0 saturated heterocycles. The molecule has 0 bridgehead atoms. The highest BCUT2D eigenvalue weighted by Crippen LogP contribution is 2.22. The normalized spacial score (nSPS) is 12.6. The first kappa shape index (κ1) is 34.9. The predicted molar refractivity (Wildman–Crippen MR) is 137 cm³/mol. The summed E-state index contributed by atoms with van der Waals surface area (Å²) in [5.74, 6) is -1.79. The van der Waals surface area contributed by atoms with Gasteiger partial charge in [0.15, 0.2) is 0 Å². The van der Waals surface area contributed by atoms with Crippen LogP contribution in [0.2, 0.25) is 0 Å². The van der Waals surface area contributed by atoms with Gasteiger partial charge in [0.2, 0.25) is 0 Å². The smallest absolute Gasteiger partial charge is 0.330 e. The first-order valence-corrected chi connectivity index (χ1v) is 13.5. The largest absolute Gasteiger partial charge is 0.465 e. The molecular weight excluding hydrogens is 532 g/mol. The molecule has 2 atom stereocenters. The highest BCUT2D eigenvalue weighted by atomic mass is 32.2. The van der Waals surface area contributed by atoms with E-state index in [1.165, 1.54) is 23.5 Å². The number of hydrogen-bond acceptors (Lipinski definition) is 14. The molecule has 0 spiro atoms. The number of esters is 4. The molecular formula is C23H36O12S2. The molecule has 0 heterocycles. The molecule has 0 aromatic heterocycles. The molecule has 0 rings (SSSR count). The minimum atomic E-state index is -1.43. The van der Waals surface area contributed by atoms with E-state index < -0.39 is 81.1 Å². The fraction of sp³-hybridized carbons (Fsp3) is 0.652. The number of carbonyl (C=O) groups excluding carboxylic acids is 4. The van der Waals surface area contributed by atoms with Gasteiger partial charge < -0.3 is 39.4 Å². The van der Waals surface area contributed by atoms with Crippen LogP contribution in [0, 0.1) is 5.41 Å². The summed E-state index contributed by atoms with van der Waals surface area (Å²) in [6.07, 6.45) is -0.0484. The monoisotopic (exact) mass is 568 g/mol. The predicted octanol–water partition coefficient (Wildman–Crippen LogP) is -0.529. The Morgan fingerprint density at radius 2 is 1.05 bits per heavy atom. The van der Waals surface area contributed by atoms with Crippen LogP contribution in [-0.4, -0.2) is 119 Å².